The van der Waals surface area contributed by atoms with Crippen molar-refractivity contribution < 1.29 is 27.8 Å². The van der Waals surface area contributed by atoms with Crippen molar-refractivity contribution in [3.05, 3.63) is 101 Å². The molecule has 0 spiro atoms. The van der Waals surface area contributed by atoms with Crippen molar-refractivity contribution in [2.75, 3.05) is 6.54 Å². The third kappa shape index (κ3) is 5.03. The van der Waals surface area contributed by atoms with E-state index in [4.69, 9.17) is 4.74 Å². The van der Waals surface area contributed by atoms with Crippen LogP contribution in [0.5, 0.6) is 5.75 Å². The number of hydrogen-bond donors (Lipinski definition) is 1. The predicted octanol–water partition coefficient (Wildman–Crippen LogP) is 5.92. The van der Waals surface area contributed by atoms with E-state index in [0.717, 1.165) is 11.6 Å². The van der Waals surface area contributed by atoms with E-state index in [2.05, 4.69) is 0 Å². The molecule has 1 N–H and O–H groups in total. The fraction of sp³-hybridized carbons (Fsp3) is 0.269. The fourth-order valence-electron chi connectivity index (χ4n) is 4.45. The van der Waals surface area contributed by atoms with Gasteiger partial charge in [-0.3, -0.25) is 9.69 Å². The van der Waals surface area contributed by atoms with Gasteiger partial charge in [-0.05, 0) is 36.1 Å². The summed E-state index contributed by atoms with van der Waals surface area (Å²) < 4.78 is 48.0. The first-order valence-corrected chi connectivity index (χ1v) is 10.8. The molecule has 33 heavy (non-hydrogen) atoms. The molecule has 1 saturated heterocycles. The van der Waals surface area contributed by atoms with Gasteiger partial charge in [0.05, 0.1) is 11.6 Å². The highest BCUT2D eigenvalue weighted by Gasteiger charge is 2.42. The number of carboxylic acids is 1. The zero-order valence-corrected chi connectivity index (χ0v) is 17.8. The summed E-state index contributed by atoms with van der Waals surface area (Å²) in [5, 5.41) is 9.78. The van der Waals surface area contributed by atoms with Crippen LogP contribution in [-0.2, 0) is 17.6 Å². The summed E-state index contributed by atoms with van der Waals surface area (Å²) in [6, 6.07) is 20.0. The Kier molecular flexibility index (Phi) is 6.70. The van der Waals surface area contributed by atoms with Gasteiger partial charge >= 0.3 is 12.1 Å². The fourth-order valence-corrected chi connectivity index (χ4v) is 4.45. The molecule has 0 aliphatic carbocycles. The highest BCUT2D eigenvalue weighted by atomic mass is 19.4. The molecule has 1 fully saturated rings. The molecule has 3 aromatic carbocycles. The van der Waals surface area contributed by atoms with Crippen LogP contribution in [0.3, 0.4) is 0 Å². The van der Waals surface area contributed by atoms with Gasteiger partial charge in [0.25, 0.3) is 0 Å². The van der Waals surface area contributed by atoms with E-state index in [-0.39, 0.29) is 12.2 Å². The lowest BCUT2D eigenvalue weighted by atomic mass is 9.91. The maximum Gasteiger partial charge on any atom is 0.416 e. The lowest BCUT2D eigenvalue weighted by Crippen LogP contribution is -2.40. The second-order valence-electron chi connectivity index (χ2n) is 8.03. The number of benzene rings is 3. The van der Waals surface area contributed by atoms with Gasteiger partial charge < -0.3 is 9.84 Å². The van der Waals surface area contributed by atoms with Crippen LogP contribution in [0.15, 0.2) is 78.9 Å². The summed E-state index contributed by atoms with van der Waals surface area (Å²) in [5.41, 5.74) is 0.681. The maximum absolute atomic E-state index is 14.0. The number of likely N-dealkylation sites (tertiary alicyclic amines) is 1. The first kappa shape index (κ1) is 22.9. The van der Waals surface area contributed by atoms with Gasteiger partial charge in [-0.2, -0.15) is 13.2 Å². The topological polar surface area (TPSA) is 49.8 Å². The molecule has 4 rings (SSSR count). The van der Waals surface area contributed by atoms with Gasteiger partial charge in [0.2, 0.25) is 0 Å². The van der Waals surface area contributed by atoms with Gasteiger partial charge in [0, 0.05) is 12.1 Å². The molecule has 4 nitrogen and oxygen atoms in total. The van der Waals surface area contributed by atoms with Crippen LogP contribution in [0.2, 0.25) is 0 Å². The number of rotatable bonds is 7. The number of carboxylic acid groups (broad SMARTS) is 1. The van der Waals surface area contributed by atoms with Crippen molar-refractivity contribution in [3.8, 4) is 5.75 Å². The van der Waals surface area contributed by atoms with Gasteiger partial charge in [-0.15, -0.1) is 0 Å². The molecule has 2 atom stereocenters. The summed E-state index contributed by atoms with van der Waals surface area (Å²) in [6.45, 7) is 0.620. The van der Waals surface area contributed by atoms with E-state index in [1.54, 1.807) is 35.2 Å². The molecule has 1 aliphatic rings. The molecule has 1 heterocycles. The predicted molar refractivity (Wildman–Crippen MR) is 118 cm³/mol. The Morgan fingerprint density at radius 3 is 2.30 bits per heavy atom. The Labute approximate surface area is 190 Å². The number of halogens is 3. The zero-order valence-electron chi connectivity index (χ0n) is 17.8. The minimum Gasteiger partial charge on any atom is -0.489 e. The Morgan fingerprint density at radius 2 is 1.61 bits per heavy atom. The molecule has 172 valence electrons. The SMILES string of the molecule is O=C(O)C1CCCN1C(c1ccccc1OCc1ccccc1)c1ccccc1C(F)(F)F. The van der Waals surface area contributed by atoms with Gasteiger partial charge in [-0.1, -0.05) is 66.7 Å². The van der Waals surface area contributed by atoms with Crippen molar-refractivity contribution in [1.29, 1.82) is 0 Å². The third-order valence-electron chi connectivity index (χ3n) is 5.92. The molecule has 7 heteroatoms. The van der Waals surface area contributed by atoms with Crippen molar-refractivity contribution in [2.45, 2.75) is 37.7 Å². The van der Waals surface area contributed by atoms with E-state index in [1.807, 2.05) is 30.3 Å². The zero-order chi connectivity index (χ0) is 23.4. The monoisotopic (exact) mass is 455 g/mol. The first-order chi connectivity index (χ1) is 15.9. The highest BCUT2D eigenvalue weighted by molar-refractivity contribution is 5.74. The summed E-state index contributed by atoms with van der Waals surface area (Å²) in [6.07, 6.45) is -3.60. The normalized spacial score (nSPS) is 17.6. The standard InChI is InChI=1S/C26H24F3NO3/c27-26(28,29)21-13-6-4-11-19(21)24(30-16-8-14-22(30)25(31)32)20-12-5-7-15-23(20)33-17-18-9-2-1-3-10-18/h1-7,9-13,15,22,24H,8,14,16-17H2,(H,31,32). The van der Waals surface area contributed by atoms with Crippen molar-refractivity contribution >= 4 is 5.97 Å². The van der Waals surface area contributed by atoms with E-state index >= 15 is 0 Å². The molecule has 0 bridgehead atoms. The Balaban J connectivity index is 1.81. The Morgan fingerprint density at radius 1 is 0.970 bits per heavy atom. The minimum absolute atomic E-state index is 0.0221. The summed E-state index contributed by atoms with van der Waals surface area (Å²) in [4.78, 5) is 13.6. The van der Waals surface area contributed by atoms with E-state index in [9.17, 15) is 23.1 Å². The van der Waals surface area contributed by atoms with Gasteiger partial charge in [0.1, 0.15) is 18.4 Å². The van der Waals surface area contributed by atoms with Crippen LogP contribution in [-0.4, -0.2) is 28.6 Å². The average Bonchev–Trinajstić information content (AvgIpc) is 3.29. The first-order valence-electron chi connectivity index (χ1n) is 10.8. The molecule has 1 aliphatic heterocycles. The highest BCUT2D eigenvalue weighted by Crippen LogP contribution is 2.44. The smallest absolute Gasteiger partial charge is 0.416 e. The van der Waals surface area contributed by atoms with Gasteiger partial charge in [-0.25, -0.2) is 0 Å². The Hall–Kier alpha value is -3.32. The van der Waals surface area contributed by atoms with Gasteiger partial charge in [0.15, 0.2) is 0 Å². The molecule has 2 unspecified atom stereocenters. The second-order valence-corrected chi connectivity index (χ2v) is 8.03. The molecule has 0 radical (unpaired) electrons. The summed E-state index contributed by atoms with van der Waals surface area (Å²) in [7, 11) is 0. The maximum atomic E-state index is 14.0. The lowest BCUT2D eigenvalue weighted by molar-refractivity contribution is -0.143. The molecular weight excluding hydrogens is 431 g/mol. The number of carbonyl (C=O) groups is 1. The number of nitrogens with zero attached hydrogens (tertiary/aromatic N) is 1. The number of aliphatic carboxylic acids is 1. The van der Waals surface area contributed by atoms with Crippen LogP contribution in [0.25, 0.3) is 0 Å². The van der Waals surface area contributed by atoms with Crippen molar-refractivity contribution in [3.63, 3.8) is 0 Å². The third-order valence-corrected chi connectivity index (χ3v) is 5.92. The van der Waals surface area contributed by atoms with E-state index < -0.39 is 29.8 Å². The quantitative estimate of drug-likeness (QED) is 0.480. The van der Waals surface area contributed by atoms with Crippen LogP contribution in [0, 0.1) is 0 Å². The number of alkyl halides is 3. The van der Waals surface area contributed by atoms with Crippen molar-refractivity contribution in [1.82, 2.24) is 4.90 Å². The van der Waals surface area contributed by atoms with Crippen LogP contribution in [0.1, 0.15) is 41.1 Å². The summed E-state index contributed by atoms with van der Waals surface area (Å²) in [5.74, 6) is -0.607. The Bertz CT molecular complexity index is 1100. The number of para-hydroxylation sites is 1. The molecule has 0 amide bonds. The van der Waals surface area contributed by atoms with Crippen LogP contribution < -0.4 is 4.74 Å². The molecule has 3 aromatic rings. The molecule has 0 aromatic heterocycles. The van der Waals surface area contributed by atoms with Crippen molar-refractivity contribution in [2.24, 2.45) is 0 Å². The lowest BCUT2D eigenvalue weighted by Gasteiger charge is -2.34. The minimum atomic E-state index is -4.58. The van der Waals surface area contributed by atoms with Crippen LogP contribution >= 0.6 is 0 Å². The summed E-state index contributed by atoms with van der Waals surface area (Å²) >= 11 is 0. The van der Waals surface area contributed by atoms with Crippen LogP contribution in [0.4, 0.5) is 13.2 Å². The second kappa shape index (κ2) is 9.67. The largest absolute Gasteiger partial charge is 0.489 e. The number of ether oxygens (including phenoxy) is 1. The van der Waals surface area contributed by atoms with E-state index in [0.29, 0.717) is 30.7 Å². The average molecular weight is 455 g/mol. The molecule has 0 saturated carbocycles. The molecular formula is C26H24F3NO3. The number of hydrogen-bond acceptors (Lipinski definition) is 3. The van der Waals surface area contributed by atoms with E-state index in [1.165, 1.54) is 12.1 Å².